The van der Waals surface area contributed by atoms with Gasteiger partial charge in [-0.3, -0.25) is 0 Å². The molecule has 21 heavy (non-hydrogen) atoms. The summed E-state index contributed by atoms with van der Waals surface area (Å²) in [6.07, 6.45) is 0. The van der Waals surface area contributed by atoms with Crippen molar-refractivity contribution in [2.75, 3.05) is 7.05 Å². The number of hydrogen-bond acceptors (Lipinski definition) is 2. The predicted molar refractivity (Wildman–Crippen MR) is 77.6 cm³/mol. The van der Waals surface area contributed by atoms with E-state index < -0.39 is 17.5 Å². The Hall–Kier alpha value is -1.53. The fraction of sp³-hybridized carbons (Fsp3) is 0.200. The summed E-state index contributed by atoms with van der Waals surface area (Å²) in [4.78, 5) is 0. The van der Waals surface area contributed by atoms with Crippen molar-refractivity contribution >= 4 is 15.9 Å². The zero-order valence-corrected chi connectivity index (χ0v) is 12.8. The van der Waals surface area contributed by atoms with Gasteiger partial charge < -0.3 is 10.1 Å². The molecule has 0 saturated carbocycles. The number of rotatable bonds is 5. The van der Waals surface area contributed by atoms with Crippen LogP contribution in [0.4, 0.5) is 13.2 Å². The second-order valence-corrected chi connectivity index (χ2v) is 5.26. The zero-order chi connectivity index (χ0) is 15.4. The molecule has 0 radical (unpaired) electrons. The number of hydrogen-bond donors (Lipinski definition) is 1. The van der Waals surface area contributed by atoms with Crippen molar-refractivity contribution in [1.29, 1.82) is 0 Å². The Balaban J connectivity index is 2.15. The minimum absolute atomic E-state index is 0.0476. The monoisotopic (exact) mass is 359 g/mol. The van der Waals surface area contributed by atoms with Gasteiger partial charge in [0.1, 0.15) is 18.2 Å². The van der Waals surface area contributed by atoms with Crippen molar-refractivity contribution in [3.05, 3.63) is 63.4 Å². The van der Waals surface area contributed by atoms with Gasteiger partial charge in [0.25, 0.3) is 0 Å². The van der Waals surface area contributed by atoms with Crippen LogP contribution in [0.3, 0.4) is 0 Å². The third-order valence-electron chi connectivity index (χ3n) is 2.89. The lowest BCUT2D eigenvalue weighted by atomic mass is 10.2. The van der Waals surface area contributed by atoms with Crippen LogP contribution in [0.2, 0.25) is 0 Å². The van der Waals surface area contributed by atoms with Crippen LogP contribution < -0.4 is 10.1 Å². The van der Waals surface area contributed by atoms with Gasteiger partial charge in [0.05, 0.1) is 10.0 Å². The summed E-state index contributed by atoms with van der Waals surface area (Å²) in [6.45, 7) is 0.130. The van der Waals surface area contributed by atoms with Gasteiger partial charge in [-0.15, -0.1) is 0 Å². The van der Waals surface area contributed by atoms with Gasteiger partial charge in [-0.05, 0) is 52.8 Å². The predicted octanol–water partition coefficient (Wildman–Crippen LogP) is 4.16. The van der Waals surface area contributed by atoms with Gasteiger partial charge in [-0.2, -0.15) is 0 Å². The first-order valence-electron chi connectivity index (χ1n) is 6.21. The van der Waals surface area contributed by atoms with E-state index in [4.69, 9.17) is 4.74 Å². The Morgan fingerprint density at radius 3 is 2.52 bits per heavy atom. The molecule has 6 heteroatoms. The normalized spacial score (nSPS) is 10.7. The molecule has 0 aromatic heterocycles. The molecule has 112 valence electrons. The maximum absolute atomic E-state index is 13.8. The summed E-state index contributed by atoms with van der Waals surface area (Å²) < 4.78 is 46.4. The summed E-state index contributed by atoms with van der Waals surface area (Å²) in [7, 11) is 1.75. The van der Waals surface area contributed by atoms with Crippen molar-refractivity contribution in [3.63, 3.8) is 0 Å². The number of halogens is 4. The Morgan fingerprint density at radius 2 is 1.86 bits per heavy atom. The lowest BCUT2D eigenvalue weighted by Crippen LogP contribution is -2.06. The van der Waals surface area contributed by atoms with Crippen molar-refractivity contribution in [1.82, 2.24) is 5.32 Å². The minimum Gasteiger partial charge on any atom is -0.486 e. The van der Waals surface area contributed by atoms with E-state index in [9.17, 15) is 13.2 Å². The van der Waals surface area contributed by atoms with Gasteiger partial charge in [-0.25, -0.2) is 13.2 Å². The maximum Gasteiger partial charge on any atom is 0.165 e. The Morgan fingerprint density at radius 1 is 1.10 bits per heavy atom. The van der Waals surface area contributed by atoms with Gasteiger partial charge in [-0.1, -0.05) is 6.07 Å². The SMILES string of the molecule is CNCc1ccc(OCc2c(F)ccc(Br)c2F)c(F)c1. The molecule has 0 fully saturated rings. The van der Waals surface area contributed by atoms with Gasteiger partial charge >= 0.3 is 0 Å². The van der Waals surface area contributed by atoms with Gasteiger partial charge in [0.2, 0.25) is 0 Å². The Kier molecular flexibility index (Phi) is 5.25. The quantitative estimate of drug-likeness (QED) is 0.809. The molecule has 0 aliphatic rings. The van der Waals surface area contributed by atoms with Crippen molar-refractivity contribution in [2.24, 2.45) is 0 Å². The molecule has 0 spiro atoms. The molecule has 2 aromatic carbocycles. The molecule has 0 aliphatic carbocycles. The highest BCUT2D eigenvalue weighted by Gasteiger charge is 2.14. The van der Waals surface area contributed by atoms with Crippen molar-refractivity contribution in [2.45, 2.75) is 13.2 Å². The van der Waals surface area contributed by atoms with E-state index in [2.05, 4.69) is 21.2 Å². The number of ether oxygens (including phenoxy) is 1. The average molecular weight is 360 g/mol. The van der Waals surface area contributed by atoms with Crippen LogP contribution in [0.5, 0.6) is 5.75 Å². The van der Waals surface area contributed by atoms with E-state index in [0.29, 0.717) is 6.54 Å². The summed E-state index contributed by atoms with van der Waals surface area (Å²) in [5, 5.41) is 2.90. The van der Waals surface area contributed by atoms with Crippen LogP contribution in [0.1, 0.15) is 11.1 Å². The molecule has 0 bridgehead atoms. The van der Waals surface area contributed by atoms with E-state index in [0.717, 1.165) is 11.6 Å². The topological polar surface area (TPSA) is 21.3 Å². The molecular formula is C15H13BrF3NO. The zero-order valence-electron chi connectivity index (χ0n) is 11.2. The molecule has 0 heterocycles. The molecule has 2 aromatic rings. The lowest BCUT2D eigenvalue weighted by Gasteiger charge is -2.10. The van der Waals surface area contributed by atoms with Gasteiger partial charge in [0.15, 0.2) is 11.6 Å². The summed E-state index contributed by atoms with van der Waals surface area (Å²) in [5.74, 6) is -2.10. The van der Waals surface area contributed by atoms with E-state index in [-0.39, 0.29) is 22.4 Å². The Labute approximate surface area is 129 Å². The van der Waals surface area contributed by atoms with Crippen LogP contribution >= 0.6 is 15.9 Å². The molecule has 0 aliphatic heterocycles. The first-order chi connectivity index (χ1) is 10.0. The molecule has 2 nitrogen and oxygen atoms in total. The molecule has 0 unspecified atom stereocenters. The molecule has 0 amide bonds. The fourth-order valence-electron chi connectivity index (χ4n) is 1.83. The third-order valence-corrected chi connectivity index (χ3v) is 3.50. The maximum atomic E-state index is 13.8. The first-order valence-corrected chi connectivity index (χ1v) is 7.00. The van der Waals surface area contributed by atoms with Crippen molar-refractivity contribution < 1.29 is 17.9 Å². The van der Waals surface area contributed by atoms with Crippen LogP contribution in [0, 0.1) is 17.5 Å². The second-order valence-electron chi connectivity index (χ2n) is 4.41. The Bertz CT molecular complexity index is 649. The standard InChI is InChI=1S/C15H13BrF3NO/c1-20-7-9-2-5-14(13(18)6-9)21-8-10-12(17)4-3-11(16)15(10)19/h2-6,20H,7-8H2,1H3. The average Bonchev–Trinajstić information content (AvgIpc) is 2.45. The van der Waals surface area contributed by atoms with Crippen LogP contribution in [-0.4, -0.2) is 7.05 Å². The summed E-state index contributed by atoms with van der Waals surface area (Å²) in [6, 6.07) is 6.83. The minimum atomic E-state index is -0.748. The first kappa shape index (κ1) is 15.9. The summed E-state index contributed by atoms with van der Waals surface area (Å²) >= 11 is 2.97. The smallest absolute Gasteiger partial charge is 0.165 e. The third kappa shape index (κ3) is 3.77. The van der Waals surface area contributed by atoms with Crippen LogP contribution in [0.25, 0.3) is 0 Å². The van der Waals surface area contributed by atoms with Crippen LogP contribution in [0.15, 0.2) is 34.8 Å². The lowest BCUT2D eigenvalue weighted by molar-refractivity contribution is 0.278. The molecule has 1 N–H and O–H groups in total. The largest absolute Gasteiger partial charge is 0.486 e. The van der Waals surface area contributed by atoms with E-state index in [1.807, 2.05) is 0 Å². The molecule has 0 atom stereocenters. The molecule has 2 rings (SSSR count). The molecule has 0 saturated heterocycles. The number of nitrogens with one attached hydrogen (secondary N) is 1. The number of benzene rings is 2. The van der Waals surface area contributed by atoms with Crippen molar-refractivity contribution in [3.8, 4) is 5.75 Å². The van der Waals surface area contributed by atoms with Gasteiger partial charge in [0, 0.05) is 6.54 Å². The fourth-order valence-corrected chi connectivity index (χ4v) is 2.20. The van der Waals surface area contributed by atoms with E-state index in [1.165, 1.54) is 18.2 Å². The highest BCUT2D eigenvalue weighted by molar-refractivity contribution is 9.10. The van der Waals surface area contributed by atoms with E-state index >= 15 is 0 Å². The van der Waals surface area contributed by atoms with E-state index in [1.54, 1.807) is 13.1 Å². The summed E-state index contributed by atoms with van der Waals surface area (Å²) in [5.41, 5.74) is 0.505. The highest BCUT2D eigenvalue weighted by atomic mass is 79.9. The second kappa shape index (κ2) is 6.95. The van der Waals surface area contributed by atoms with Crippen LogP contribution in [-0.2, 0) is 13.2 Å². The highest BCUT2D eigenvalue weighted by Crippen LogP contribution is 2.24. The molecular weight excluding hydrogens is 347 g/mol.